The molecule has 1 saturated heterocycles. The number of rotatable bonds is 5. The van der Waals surface area contributed by atoms with Gasteiger partial charge in [0.25, 0.3) is 0 Å². The van der Waals surface area contributed by atoms with Gasteiger partial charge in [0.1, 0.15) is 0 Å². The molecule has 0 spiro atoms. The number of carbonyl (C=O) groups excluding carboxylic acids is 2. The highest BCUT2D eigenvalue weighted by Gasteiger charge is 2.37. The Hall–Kier alpha value is -1.24. The van der Waals surface area contributed by atoms with E-state index in [1.807, 2.05) is 30.5 Å². The Bertz CT molecular complexity index is 611. The molecule has 3 unspecified atom stereocenters. The summed E-state index contributed by atoms with van der Waals surface area (Å²) in [5, 5.41) is 3.13. The van der Waals surface area contributed by atoms with Crippen molar-refractivity contribution in [2.75, 3.05) is 24.2 Å². The maximum Gasteiger partial charge on any atom is 0.227 e. The normalized spacial score (nSPS) is 25.8. The number of hydrogen-bond donors (Lipinski definition) is 2. The van der Waals surface area contributed by atoms with Crippen molar-refractivity contribution in [3.05, 3.63) is 24.3 Å². The summed E-state index contributed by atoms with van der Waals surface area (Å²) in [4.78, 5) is 27.8. The van der Waals surface area contributed by atoms with Gasteiger partial charge in [-0.05, 0) is 55.8 Å². The highest BCUT2D eigenvalue weighted by molar-refractivity contribution is 7.98. The molecule has 2 amide bonds. The van der Waals surface area contributed by atoms with Gasteiger partial charge in [-0.3, -0.25) is 9.59 Å². The number of hydrogen-bond acceptors (Lipinski definition) is 4. The van der Waals surface area contributed by atoms with Crippen LogP contribution in [0.3, 0.4) is 0 Å². The number of amides is 2. The van der Waals surface area contributed by atoms with Crippen LogP contribution in [-0.4, -0.2) is 37.2 Å². The molecule has 1 aliphatic heterocycles. The lowest BCUT2D eigenvalue weighted by Gasteiger charge is -2.22. The molecule has 25 heavy (non-hydrogen) atoms. The van der Waals surface area contributed by atoms with Crippen LogP contribution in [0.5, 0.6) is 0 Å². The standard InChI is InChI=1S/C18H25N3O2S.ClH/c1-24-15-7-5-14(6-8-15)21-11-13(9-17(21)22)18(23)20-16-4-2-3-12(16)10-19;/h5-8,12-13,16H,2-4,9-11,19H2,1H3,(H,20,23);1H. The van der Waals surface area contributed by atoms with Gasteiger partial charge in [0.15, 0.2) is 0 Å². The van der Waals surface area contributed by atoms with E-state index in [1.165, 1.54) is 0 Å². The van der Waals surface area contributed by atoms with Crippen molar-refractivity contribution in [3.63, 3.8) is 0 Å². The fourth-order valence-electron chi connectivity index (χ4n) is 3.70. The Balaban J connectivity index is 0.00000225. The van der Waals surface area contributed by atoms with Gasteiger partial charge in [-0.2, -0.15) is 0 Å². The summed E-state index contributed by atoms with van der Waals surface area (Å²) in [6.07, 6.45) is 5.50. The van der Waals surface area contributed by atoms with Gasteiger partial charge in [0, 0.05) is 29.6 Å². The smallest absolute Gasteiger partial charge is 0.227 e. The van der Waals surface area contributed by atoms with E-state index in [0.717, 1.165) is 29.8 Å². The van der Waals surface area contributed by atoms with Gasteiger partial charge in [-0.15, -0.1) is 24.2 Å². The Kier molecular flexibility index (Phi) is 7.16. The minimum atomic E-state index is -0.267. The van der Waals surface area contributed by atoms with E-state index in [1.54, 1.807) is 16.7 Å². The monoisotopic (exact) mass is 383 g/mol. The zero-order valence-electron chi connectivity index (χ0n) is 14.4. The molecule has 2 fully saturated rings. The Morgan fingerprint density at radius 3 is 2.68 bits per heavy atom. The van der Waals surface area contributed by atoms with E-state index in [4.69, 9.17) is 5.73 Å². The van der Waals surface area contributed by atoms with Crippen LogP contribution >= 0.6 is 24.2 Å². The molecule has 3 N–H and O–H groups in total. The minimum absolute atomic E-state index is 0. The molecule has 1 aromatic carbocycles. The van der Waals surface area contributed by atoms with Gasteiger partial charge < -0.3 is 16.0 Å². The van der Waals surface area contributed by atoms with E-state index < -0.39 is 0 Å². The number of nitrogens with two attached hydrogens (primary N) is 1. The van der Waals surface area contributed by atoms with Crippen LogP contribution < -0.4 is 16.0 Å². The molecule has 1 saturated carbocycles. The van der Waals surface area contributed by atoms with Gasteiger partial charge in [0.2, 0.25) is 11.8 Å². The molecule has 1 heterocycles. The Morgan fingerprint density at radius 1 is 1.32 bits per heavy atom. The molecular weight excluding hydrogens is 358 g/mol. The molecule has 5 nitrogen and oxygen atoms in total. The fraction of sp³-hybridized carbons (Fsp3) is 0.556. The topological polar surface area (TPSA) is 75.4 Å². The molecule has 0 bridgehead atoms. The summed E-state index contributed by atoms with van der Waals surface area (Å²) in [5.41, 5.74) is 6.65. The molecule has 2 aliphatic rings. The maximum absolute atomic E-state index is 12.6. The summed E-state index contributed by atoms with van der Waals surface area (Å²) >= 11 is 1.67. The molecule has 0 radical (unpaired) electrons. The summed E-state index contributed by atoms with van der Waals surface area (Å²) < 4.78 is 0. The van der Waals surface area contributed by atoms with Crippen molar-refractivity contribution in [1.29, 1.82) is 0 Å². The van der Waals surface area contributed by atoms with Crippen LogP contribution in [0.25, 0.3) is 0 Å². The molecule has 3 rings (SSSR count). The molecular formula is C18H26ClN3O2S. The van der Waals surface area contributed by atoms with Crippen LogP contribution in [0.2, 0.25) is 0 Å². The SMILES string of the molecule is CSc1ccc(N2CC(C(=O)NC3CCCC3CN)CC2=O)cc1.Cl. The number of nitrogens with one attached hydrogen (secondary N) is 1. The predicted molar refractivity (Wildman–Crippen MR) is 104 cm³/mol. The van der Waals surface area contributed by atoms with Crippen molar-refractivity contribution in [2.45, 2.75) is 36.6 Å². The Morgan fingerprint density at radius 2 is 2.04 bits per heavy atom. The lowest BCUT2D eigenvalue weighted by Crippen LogP contribution is -2.43. The van der Waals surface area contributed by atoms with Gasteiger partial charge in [0.05, 0.1) is 5.92 Å². The number of thioether (sulfide) groups is 1. The summed E-state index contributed by atoms with van der Waals surface area (Å²) in [6, 6.07) is 8.08. The third-order valence-corrected chi connectivity index (χ3v) is 5.91. The fourth-order valence-corrected chi connectivity index (χ4v) is 4.11. The third kappa shape index (κ3) is 4.49. The highest BCUT2D eigenvalue weighted by atomic mass is 35.5. The van der Waals surface area contributed by atoms with Crippen LogP contribution in [0.1, 0.15) is 25.7 Å². The first-order valence-corrected chi connectivity index (χ1v) is 9.79. The quantitative estimate of drug-likeness (QED) is 0.765. The highest BCUT2D eigenvalue weighted by Crippen LogP contribution is 2.29. The van der Waals surface area contributed by atoms with E-state index >= 15 is 0 Å². The van der Waals surface area contributed by atoms with E-state index in [2.05, 4.69) is 5.32 Å². The first kappa shape index (κ1) is 20.1. The zero-order chi connectivity index (χ0) is 17.1. The molecule has 3 atom stereocenters. The average Bonchev–Trinajstić information content (AvgIpc) is 3.21. The van der Waals surface area contributed by atoms with Crippen LogP contribution in [0.4, 0.5) is 5.69 Å². The first-order valence-electron chi connectivity index (χ1n) is 8.57. The van der Waals surface area contributed by atoms with Gasteiger partial charge in [-0.1, -0.05) is 6.42 Å². The van der Waals surface area contributed by atoms with E-state index in [-0.39, 0.29) is 42.6 Å². The van der Waals surface area contributed by atoms with Crippen molar-refractivity contribution in [2.24, 2.45) is 17.6 Å². The molecule has 7 heteroatoms. The average molecular weight is 384 g/mol. The number of nitrogens with zero attached hydrogens (tertiary/aromatic N) is 1. The molecule has 1 aliphatic carbocycles. The second-order valence-electron chi connectivity index (χ2n) is 6.65. The summed E-state index contributed by atoms with van der Waals surface area (Å²) in [7, 11) is 0. The lowest BCUT2D eigenvalue weighted by molar-refractivity contribution is -0.127. The molecule has 138 valence electrons. The van der Waals surface area contributed by atoms with Crippen molar-refractivity contribution in [3.8, 4) is 0 Å². The predicted octanol–water partition coefficient (Wildman–Crippen LogP) is 2.43. The number of anilines is 1. The minimum Gasteiger partial charge on any atom is -0.353 e. The van der Waals surface area contributed by atoms with E-state index in [0.29, 0.717) is 19.0 Å². The van der Waals surface area contributed by atoms with E-state index in [9.17, 15) is 9.59 Å². The van der Waals surface area contributed by atoms with Gasteiger partial charge >= 0.3 is 0 Å². The van der Waals surface area contributed by atoms with Crippen LogP contribution in [-0.2, 0) is 9.59 Å². The van der Waals surface area contributed by atoms with Crippen molar-refractivity contribution < 1.29 is 9.59 Å². The van der Waals surface area contributed by atoms with Gasteiger partial charge in [-0.25, -0.2) is 0 Å². The second kappa shape index (κ2) is 8.92. The summed E-state index contributed by atoms with van der Waals surface area (Å²) in [5.74, 6) is 0.128. The third-order valence-electron chi connectivity index (χ3n) is 5.17. The Labute approximate surface area is 159 Å². The second-order valence-corrected chi connectivity index (χ2v) is 7.52. The maximum atomic E-state index is 12.6. The first-order chi connectivity index (χ1) is 11.6. The lowest BCUT2D eigenvalue weighted by atomic mass is 10.0. The van der Waals surface area contributed by atoms with Crippen LogP contribution in [0, 0.1) is 11.8 Å². The zero-order valence-corrected chi connectivity index (χ0v) is 16.1. The summed E-state index contributed by atoms with van der Waals surface area (Å²) in [6.45, 7) is 1.08. The molecule has 0 aromatic heterocycles. The largest absolute Gasteiger partial charge is 0.353 e. The van der Waals surface area contributed by atoms with Crippen LogP contribution in [0.15, 0.2) is 29.2 Å². The van der Waals surface area contributed by atoms with Crippen molar-refractivity contribution >= 4 is 41.7 Å². The number of benzene rings is 1. The number of carbonyl (C=O) groups is 2. The van der Waals surface area contributed by atoms with Crippen molar-refractivity contribution in [1.82, 2.24) is 5.32 Å². The molecule has 1 aromatic rings. The number of halogens is 1.